The van der Waals surface area contributed by atoms with E-state index in [1.54, 1.807) is 0 Å². The molecule has 1 aliphatic heterocycles. The van der Waals surface area contributed by atoms with E-state index in [9.17, 15) is 4.79 Å². The van der Waals surface area contributed by atoms with E-state index < -0.39 is 0 Å². The van der Waals surface area contributed by atoms with Gasteiger partial charge in [0.05, 0.1) is 0 Å². The average molecular weight is 299 g/mol. The molecule has 2 fully saturated rings. The SMILES string of the molecule is CCS[C@@H]1CC[C@@H](NC(=O)N2CC[C@@H](CN(C)C)C2)C1. The predicted molar refractivity (Wildman–Crippen MR) is 86.3 cm³/mol. The van der Waals surface area contributed by atoms with Crippen molar-refractivity contribution in [1.82, 2.24) is 15.1 Å². The van der Waals surface area contributed by atoms with Crippen LogP contribution in [0.5, 0.6) is 0 Å². The van der Waals surface area contributed by atoms with Crippen LogP contribution < -0.4 is 5.32 Å². The van der Waals surface area contributed by atoms with Gasteiger partial charge < -0.3 is 15.1 Å². The Morgan fingerprint density at radius 1 is 1.35 bits per heavy atom. The molecule has 1 N–H and O–H groups in total. The second kappa shape index (κ2) is 7.55. The highest BCUT2D eigenvalue weighted by molar-refractivity contribution is 7.99. The number of hydrogen-bond acceptors (Lipinski definition) is 3. The molecule has 116 valence electrons. The normalized spacial score (nSPS) is 30.2. The average Bonchev–Trinajstić information content (AvgIpc) is 2.99. The third-order valence-electron chi connectivity index (χ3n) is 4.31. The lowest BCUT2D eigenvalue weighted by Gasteiger charge is -2.21. The monoisotopic (exact) mass is 299 g/mol. The number of nitrogens with one attached hydrogen (secondary N) is 1. The van der Waals surface area contributed by atoms with Gasteiger partial charge in [0.2, 0.25) is 0 Å². The molecule has 1 aliphatic carbocycles. The van der Waals surface area contributed by atoms with Crippen LogP contribution in [0.4, 0.5) is 4.79 Å². The first kappa shape index (κ1) is 16.0. The number of thioether (sulfide) groups is 1. The number of nitrogens with zero attached hydrogens (tertiary/aromatic N) is 2. The Labute approximate surface area is 127 Å². The van der Waals surface area contributed by atoms with Crippen LogP contribution in [0.25, 0.3) is 0 Å². The zero-order valence-electron chi connectivity index (χ0n) is 13.1. The van der Waals surface area contributed by atoms with Crippen LogP contribution in [0.3, 0.4) is 0 Å². The Morgan fingerprint density at radius 3 is 2.85 bits per heavy atom. The standard InChI is InChI=1S/C15H29N3OS/c1-4-20-14-6-5-13(9-14)16-15(19)18-8-7-12(11-18)10-17(2)3/h12-14H,4-11H2,1-3H3,(H,16,19)/t12-,13+,14+/m0/s1. The molecule has 0 aromatic heterocycles. The number of urea groups is 1. The number of carbonyl (C=O) groups is 1. The lowest BCUT2D eigenvalue weighted by Crippen LogP contribution is -2.43. The summed E-state index contributed by atoms with van der Waals surface area (Å²) in [5.41, 5.74) is 0. The first-order valence-corrected chi connectivity index (χ1v) is 8.95. The minimum Gasteiger partial charge on any atom is -0.335 e. The molecule has 5 heteroatoms. The second-order valence-electron chi connectivity index (χ2n) is 6.40. The number of carbonyl (C=O) groups excluding carboxylic acids is 1. The summed E-state index contributed by atoms with van der Waals surface area (Å²) in [7, 11) is 4.21. The van der Waals surface area contributed by atoms with Crippen molar-refractivity contribution in [2.24, 2.45) is 5.92 Å². The summed E-state index contributed by atoms with van der Waals surface area (Å²) in [5.74, 6) is 1.83. The number of amides is 2. The molecular weight excluding hydrogens is 270 g/mol. The van der Waals surface area contributed by atoms with Gasteiger partial charge in [-0.25, -0.2) is 4.79 Å². The lowest BCUT2D eigenvalue weighted by atomic mass is 10.1. The summed E-state index contributed by atoms with van der Waals surface area (Å²) in [5, 5.41) is 4.00. The van der Waals surface area contributed by atoms with Crippen molar-refractivity contribution in [2.75, 3.05) is 39.5 Å². The van der Waals surface area contributed by atoms with E-state index in [1.165, 1.54) is 12.2 Å². The molecule has 4 nitrogen and oxygen atoms in total. The third-order valence-corrected chi connectivity index (χ3v) is 5.54. The minimum absolute atomic E-state index is 0.165. The molecule has 2 aliphatic rings. The van der Waals surface area contributed by atoms with E-state index in [2.05, 4.69) is 31.2 Å². The number of likely N-dealkylation sites (tertiary alicyclic amines) is 1. The number of rotatable bonds is 5. The van der Waals surface area contributed by atoms with Crippen molar-refractivity contribution < 1.29 is 4.79 Å². The van der Waals surface area contributed by atoms with Crippen LogP contribution in [0.1, 0.15) is 32.6 Å². The van der Waals surface area contributed by atoms with Gasteiger partial charge in [-0.15, -0.1) is 0 Å². The van der Waals surface area contributed by atoms with E-state index in [4.69, 9.17) is 0 Å². The van der Waals surface area contributed by atoms with Crippen molar-refractivity contribution in [3.8, 4) is 0 Å². The number of hydrogen-bond donors (Lipinski definition) is 1. The van der Waals surface area contributed by atoms with Crippen LogP contribution in [-0.2, 0) is 0 Å². The molecule has 0 unspecified atom stereocenters. The van der Waals surface area contributed by atoms with E-state index in [0.717, 1.165) is 44.1 Å². The molecule has 0 aromatic rings. The van der Waals surface area contributed by atoms with E-state index in [0.29, 0.717) is 12.0 Å². The van der Waals surface area contributed by atoms with Gasteiger partial charge in [0.15, 0.2) is 0 Å². The Balaban J connectivity index is 1.71. The lowest BCUT2D eigenvalue weighted by molar-refractivity contribution is 0.201. The molecular formula is C15H29N3OS. The first-order valence-electron chi connectivity index (χ1n) is 7.90. The van der Waals surface area contributed by atoms with Crippen molar-refractivity contribution in [3.63, 3.8) is 0 Å². The first-order chi connectivity index (χ1) is 9.58. The molecule has 2 rings (SSSR count). The fraction of sp³-hybridized carbons (Fsp3) is 0.933. The van der Waals surface area contributed by atoms with Gasteiger partial charge in [0.1, 0.15) is 0 Å². The van der Waals surface area contributed by atoms with Crippen molar-refractivity contribution in [3.05, 3.63) is 0 Å². The second-order valence-corrected chi connectivity index (χ2v) is 7.98. The summed E-state index contributed by atoms with van der Waals surface area (Å²) >= 11 is 2.04. The van der Waals surface area contributed by atoms with E-state index in [-0.39, 0.29) is 6.03 Å². The molecule has 0 radical (unpaired) electrons. The van der Waals surface area contributed by atoms with Gasteiger partial charge >= 0.3 is 6.03 Å². The summed E-state index contributed by atoms with van der Waals surface area (Å²) in [6.07, 6.45) is 4.70. The summed E-state index contributed by atoms with van der Waals surface area (Å²) in [6, 6.07) is 0.567. The predicted octanol–water partition coefficient (Wildman–Crippen LogP) is 2.25. The topological polar surface area (TPSA) is 35.6 Å². The smallest absolute Gasteiger partial charge is 0.317 e. The zero-order chi connectivity index (χ0) is 14.5. The van der Waals surface area contributed by atoms with E-state index >= 15 is 0 Å². The van der Waals surface area contributed by atoms with Crippen molar-refractivity contribution >= 4 is 17.8 Å². The molecule has 0 spiro atoms. The van der Waals surface area contributed by atoms with Crippen LogP contribution >= 0.6 is 11.8 Å². The Kier molecular flexibility index (Phi) is 6.02. The molecule has 1 heterocycles. The van der Waals surface area contributed by atoms with Crippen LogP contribution in [0.2, 0.25) is 0 Å². The van der Waals surface area contributed by atoms with Gasteiger partial charge in [0, 0.05) is 30.9 Å². The fourth-order valence-electron chi connectivity index (χ4n) is 3.41. The highest BCUT2D eigenvalue weighted by atomic mass is 32.2. The maximum absolute atomic E-state index is 12.3. The van der Waals surface area contributed by atoms with Crippen LogP contribution in [0, 0.1) is 5.92 Å². The Morgan fingerprint density at radius 2 is 2.15 bits per heavy atom. The highest BCUT2D eigenvalue weighted by Gasteiger charge is 2.30. The fourth-order valence-corrected chi connectivity index (χ4v) is 4.55. The van der Waals surface area contributed by atoms with Crippen molar-refractivity contribution in [2.45, 2.75) is 43.9 Å². The van der Waals surface area contributed by atoms with Crippen LogP contribution in [0.15, 0.2) is 0 Å². The summed E-state index contributed by atoms with van der Waals surface area (Å²) in [4.78, 5) is 16.5. The van der Waals surface area contributed by atoms with Crippen molar-refractivity contribution in [1.29, 1.82) is 0 Å². The molecule has 0 bridgehead atoms. The molecule has 20 heavy (non-hydrogen) atoms. The Bertz CT molecular complexity index is 324. The summed E-state index contributed by atoms with van der Waals surface area (Å²) < 4.78 is 0. The van der Waals surface area contributed by atoms with Gasteiger partial charge in [-0.1, -0.05) is 6.92 Å². The van der Waals surface area contributed by atoms with Gasteiger partial charge in [0.25, 0.3) is 0 Å². The maximum atomic E-state index is 12.3. The molecule has 1 saturated heterocycles. The molecule has 3 atom stereocenters. The Hall–Kier alpha value is -0.420. The van der Waals surface area contributed by atoms with E-state index in [1.807, 2.05) is 16.7 Å². The maximum Gasteiger partial charge on any atom is 0.317 e. The summed E-state index contributed by atoms with van der Waals surface area (Å²) in [6.45, 7) is 5.14. The van der Waals surface area contributed by atoms with Gasteiger partial charge in [-0.05, 0) is 51.4 Å². The molecule has 2 amide bonds. The highest BCUT2D eigenvalue weighted by Crippen LogP contribution is 2.30. The minimum atomic E-state index is 0.165. The van der Waals surface area contributed by atoms with Gasteiger partial charge in [-0.2, -0.15) is 11.8 Å². The van der Waals surface area contributed by atoms with Crippen LogP contribution in [-0.4, -0.2) is 66.6 Å². The third kappa shape index (κ3) is 4.55. The zero-order valence-corrected chi connectivity index (χ0v) is 13.9. The van der Waals surface area contributed by atoms with Gasteiger partial charge in [-0.3, -0.25) is 0 Å². The quantitative estimate of drug-likeness (QED) is 0.846. The molecule has 1 saturated carbocycles. The molecule has 0 aromatic carbocycles. The largest absolute Gasteiger partial charge is 0.335 e.